The summed E-state index contributed by atoms with van der Waals surface area (Å²) in [6.45, 7) is 0.551. The first kappa shape index (κ1) is 20.2. The Hall–Kier alpha value is -1.84. The Morgan fingerprint density at radius 3 is 2.17 bits per heavy atom. The Morgan fingerprint density at radius 1 is 1.17 bits per heavy atom. The summed E-state index contributed by atoms with van der Waals surface area (Å²) in [7, 11) is -4.13. The molecule has 1 aromatic carbocycles. The summed E-state index contributed by atoms with van der Waals surface area (Å²) in [6.07, 6.45) is 1.96. The lowest BCUT2D eigenvalue weighted by Gasteiger charge is -2.08. The summed E-state index contributed by atoms with van der Waals surface area (Å²) in [5.41, 5.74) is -4.54. The molecule has 5 nitrogen and oxygen atoms in total. The molecule has 0 aliphatic carbocycles. The predicted octanol–water partition coefficient (Wildman–Crippen LogP) is 2.79. The monoisotopic (exact) mass is 383 g/mol. The molecule has 0 aliphatic heterocycles. The summed E-state index contributed by atoms with van der Waals surface area (Å²) in [6, 6.07) is 13.5. The highest BCUT2D eigenvalue weighted by molar-refractivity contribution is 7.86. The number of nitrogens with zero attached hydrogens (tertiary/aromatic N) is 1. The number of rotatable bonds is 3. The van der Waals surface area contributed by atoms with Crippen molar-refractivity contribution in [1.82, 2.24) is 0 Å². The zero-order valence-corrected chi connectivity index (χ0v) is 13.9. The fraction of sp³-hybridized carbons (Fsp3) is 0.214. The van der Waals surface area contributed by atoms with Crippen molar-refractivity contribution >= 4 is 21.7 Å². The van der Waals surface area contributed by atoms with Crippen LogP contribution in [-0.4, -0.2) is 18.5 Å². The topological polar surface area (TPSA) is 70.3 Å². The average Bonchev–Trinajstić information content (AvgIpc) is 2.47. The molecule has 1 aromatic heterocycles. The van der Waals surface area contributed by atoms with Crippen molar-refractivity contribution in [2.45, 2.75) is 12.1 Å². The van der Waals surface area contributed by atoms with Gasteiger partial charge in [0.25, 0.3) is 0 Å². The van der Waals surface area contributed by atoms with Crippen molar-refractivity contribution in [2.24, 2.45) is 7.05 Å². The van der Waals surface area contributed by atoms with Crippen LogP contribution in [0.3, 0.4) is 0 Å². The van der Waals surface area contributed by atoms with E-state index in [1.54, 1.807) is 0 Å². The van der Waals surface area contributed by atoms with Crippen molar-refractivity contribution < 1.29 is 35.4 Å². The third kappa shape index (κ3) is 6.73. The Labute approximate surface area is 142 Å². The fourth-order valence-electron chi connectivity index (χ4n) is 1.40. The number of aryl methyl sites for hydroxylation is 1. The van der Waals surface area contributed by atoms with Gasteiger partial charge < -0.3 is 9.29 Å². The molecule has 0 radical (unpaired) electrons. The van der Waals surface area contributed by atoms with E-state index < -0.39 is 15.6 Å². The minimum absolute atomic E-state index is 0.551. The van der Waals surface area contributed by atoms with E-state index in [9.17, 15) is 13.2 Å². The van der Waals surface area contributed by atoms with Gasteiger partial charge in [0.2, 0.25) is 0 Å². The van der Waals surface area contributed by atoms with Crippen molar-refractivity contribution in [3.63, 3.8) is 0 Å². The first-order valence-electron chi connectivity index (χ1n) is 6.35. The molecule has 0 unspecified atom stereocenters. The van der Waals surface area contributed by atoms with E-state index in [4.69, 9.17) is 29.3 Å². The zero-order valence-electron chi connectivity index (χ0n) is 12.3. The maximum absolute atomic E-state index is 10.7. The number of pyridine rings is 1. The Kier molecular flexibility index (Phi) is 7.00. The van der Waals surface area contributed by atoms with Crippen molar-refractivity contribution in [2.75, 3.05) is 0 Å². The van der Waals surface area contributed by atoms with Crippen LogP contribution in [0.15, 0.2) is 48.7 Å². The zero-order chi connectivity index (χ0) is 18.4. The molecule has 0 saturated carbocycles. The van der Waals surface area contributed by atoms with Crippen LogP contribution in [0, 0.1) is 0 Å². The molecule has 24 heavy (non-hydrogen) atoms. The van der Waals surface area contributed by atoms with Gasteiger partial charge in [-0.2, -0.15) is 17.7 Å². The summed E-state index contributed by atoms with van der Waals surface area (Å²) in [5, 5.41) is 0.744. The fourth-order valence-corrected chi connectivity index (χ4v) is 1.52. The second kappa shape index (κ2) is 8.32. The maximum Gasteiger partial charge on any atom is 0.485 e. The molecule has 10 heteroatoms. The number of alkyl halides is 3. The Morgan fingerprint density at radius 2 is 1.71 bits per heavy atom. The standard InChI is InChI=1S/C13H13ClNO.CHF3O3S/c1-15-9-3-2-4-13(15)16-10-11-5-7-12(14)8-6-11;2-1(3,4)8(5,6)7/h2-9H,10H2,1H3;(H,5,6,7)/q+1;/p-1. The molecule has 0 fully saturated rings. The van der Waals surface area contributed by atoms with Gasteiger partial charge in [-0.1, -0.05) is 23.7 Å². The van der Waals surface area contributed by atoms with E-state index in [2.05, 4.69) is 0 Å². The molecule has 2 rings (SSSR count). The van der Waals surface area contributed by atoms with Crippen LogP contribution < -0.4 is 9.30 Å². The van der Waals surface area contributed by atoms with Crippen LogP contribution in [0.1, 0.15) is 5.56 Å². The molecule has 0 bridgehead atoms. The van der Waals surface area contributed by atoms with Crippen LogP contribution in [0.4, 0.5) is 13.2 Å². The highest BCUT2D eigenvalue weighted by Gasteiger charge is 2.36. The molecule has 0 spiro atoms. The molecule has 0 aliphatic rings. The molecule has 0 saturated heterocycles. The number of aromatic nitrogens is 1. The third-order valence-electron chi connectivity index (χ3n) is 2.59. The summed E-state index contributed by atoms with van der Waals surface area (Å²) in [5.74, 6) is 0.845. The van der Waals surface area contributed by atoms with Gasteiger partial charge in [-0.25, -0.2) is 8.42 Å². The Bertz CT molecular complexity index is 764. The average molecular weight is 384 g/mol. The van der Waals surface area contributed by atoms with E-state index in [1.165, 1.54) is 0 Å². The van der Waals surface area contributed by atoms with E-state index in [1.807, 2.05) is 60.3 Å². The first-order chi connectivity index (χ1) is 11.0. The number of benzene rings is 1. The Balaban J connectivity index is 0.000000307. The first-order valence-corrected chi connectivity index (χ1v) is 8.13. The van der Waals surface area contributed by atoms with E-state index in [0.29, 0.717) is 6.61 Å². The normalized spacial score (nSPS) is 11.4. The van der Waals surface area contributed by atoms with Gasteiger partial charge in [0.15, 0.2) is 16.3 Å². The number of hydrogen-bond donors (Lipinski definition) is 0. The van der Waals surface area contributed by atoms with Gasteiger partial charge in [-0.3, -0.25) is 0 Å². The largest absolute Gasteiger partial charge is 0.741 e. The predicted molar refractivity (Wildman–Crippen MR) is 79.2 cm³/mol. The number of hydrogen-bond acceptors (Lipinski definition) is 4. The number of ether oxygens (including phenoxy) is 1. The van der Waals surface area contributed by atoms with Crippen LogP contribution in [0.2, 0.25) is 5.02 Å². The van der Waals surface area contributed by atoms with Gasteiger partial charge in [0, 0.05) is 11.1 Å². The molecular formula is C14H13ClF3NO4S. The number of halogens is 4. The lowest BCUT2D eigenvalue weighted by molar-refractivity contribution is -0.677. The van der Waals surface area contributed by atoms with Crippen molar-refractivity contribution in [3.05, 3.63) is 59.2 Å². The molecule has 132 valence electrons. The van der Waals surface area contributed by atoms with Gasteiger partial charge in [0.05, 0.1) is 6.07 Å². The van der Waals surface area contributed by atoms with Crippen molar-refractivity contribution in [3.8, 4) is 5.88 Å². The summed E-state index contributed by atoms with van der Waals surface area (Å²) in [4.78, 5) is 0. The molecule has 2 aromatic rings. The van der Waals surface area contributed by atoms with E-state index >= 15 is 0 Å². The summed E-state index contributed by atoms with van der Waals surface area (Å²) >= 11 is 5.81. The minimum Gasteiger partial charge on any atom is -0.741 e. The van der Waals surface area contributed by atoms with Gasteiger partial charge in [0.1, 0.15) is 13.7 Å². The highest BCUT2D eigenvalue weighted by Crippen LogP contribution is 2.20. The van der Waals surface area contributed by atoms with Crippen LogP contribution >= 0.6 is 11.6 Å². The third-order valence-corrected chi connectivity index (χ3v) is 3.41. The lowest BCUT2D eigenvalue weighted by atomic mass is 10.2. The maximum atomic E-state index is 10.7. The highest BCUT2D eigenvalue weighted by atomic mass is 35.5. The van der Waals surface area contributed by atoms with Gasteiger partial charge in [-0.15, -0.1) is 0 Å². The molecule has 1 heterocycles. The minimum atomic E-state index is -6.09. The lowest BCUT2D eigenvalue weighted by Crippen LogP contribution is -2.29. The second-order valence-electron chi connectivity index (χ2n) is 4.46. The molecule has 0 amide bonds. The van der Waals surface area contributed by atoms with Crippen LogP contribution in [0.25, 0.3) is 0 Å². The van der Waals surface area contributed by atoms with E-state index in [-0.39, 0.29) is 0 Å². The van der Waals surface area contributed by atoms with Crippen LogP contribution in [-0.2, 0) is 23.8 Å². The van der Waals surface area contributed by atoms with Gasteiger partial charge >= 0.3 is 11.4 Å². The molecule has 0 atom stereocenters. The van der Waals surface area contributed by atoms with E-state index in [0.717, 1.165) is 16.5 Å². The smallest absolute Gasteiger partial charge is 0.485 e. The molecular weight excluding hydrogens is 371 g/mol. The second-order valence-corrected chi connectivity index (χ2v) is 6.27. The van der Waals surface area contributed by atoms with Crippen LogP contribution in [0.5, 0.6) is 5.88 Å². The van der Waals surface area contributed by atoms with Crippen molar-refractivity contribution in [1.29, 1.82) is 0 Å². The summed E-state index contributed by atoms with van der Waals surface area (Å²) < 4.78 is 66.5. The quantitative estimate of drug-likeness (QED) is 0.464. The molecule has 0 N–H and O–H groups in total. The van der Waals surface area contributed by atoms with Gasteiger partial charge in [-0.05, 0) is 23.8 Å². The SMILES string of the molecule is C[n+]1ccccc1OCc1ccc(Cl)cc1.O=S(=O)([O-])C(F)(F)F.